The minimum atomic E-state index is 0.790. The molecular weight excluding hydrogens is 160 g/mol. The van der Waals surface area contributed by atoms with E-state index >= 15 is 0 Å². The third kappa shape index (κ3) is 0.906. The van der Waals surface area contributed by atoms with Gasteiger partial charge in [0.2, 0.25) is 0 Å². The number of pyridine rings is 1. The van der Waals surface area contributed by atoms with Gasteiger partial charge in [-0.05, 0) is 18.6 Å². The summed E-state index contributed by atoms with van der Waals surface area (Å²) in [6, 6.07) is 1.87. The molecule has 0 N–H and O–H groups in total. The lowest BCUT2D eigenvalue weighted by molar-refractivity contribution is 1.14. The zero-order chi connectivity index (χ0) is 7.84. The van der Waals surface area contributed by atoms with Gasteiger partial charge in [-0.2, -0.15) is 0 Å². The molecule has 0 atom stereocenters. The summed E-state index contributed by atoms with van der Waals surface area (Å²) in [5.41, 5.74) is 2.14. The summed E-state index contributed by atoms with van der Waals surface area (Å²) < 4.78 is 1.95. The number of halogens is 1. The molecule has 56 valence electrons. The first kappa shape index (κ1) is 6.68. The van der Waals surface area contributed by atoms with Gasteiger partial charge in [-0.1, -0.05) is 11.6 Å². The predicted molar refractivity (Wildman–Crippen MR) is 44.9 cm³/mol. The fourth-order valence-corrected chi connectivity index (χ4v) is 1.26. The van der Waals surface area contributed by atoms with Gasteiger partial charge in [0.15, 0.2) is 0 Å². The van der Waals surface area contributed by atoms with Gasteiger partial charge < -0.3 is 4.40 Å². The molecule has 11 heavy (non-hydrogen) atoms. The Hall–Kier alpha value is -1.02. The van der Waals surface area contributed by atoms with Crippen molar-refractivity contribution in [1.82, 2.24) is 9.38 Å². The van der Waals surface area contributed by atoms with Crippen LogP contribution < -0.4 is 0 Å². The first-order valence-electron chi connectivity index (χ1n) is 3.36. The molecule has 2 aromatic rings. The number of nitrogens with zero attached hydrogens (tertiary/aromatic N) is 2. The molecule has 2 heterocycles. The monoisotopic (exact) mass is 166 g/mol. The standard InChI is InChI=1S/C8H7ClN2/c1-6-7(9)2-3-11-5-10-4-8(6)11/h2-5H,1H3. The first-order valence-corrected chi connectivity index (χ1v) is 3.73. The minimum absolute atomic E-state index is 0.790. The smallest absolute Gasteiger partial charge is 0.0992 e. The van der Waals surface area contributed by atoms with E-state index in [1.165, 1.54) is 0 Å². The summed E-state index contributed by atoms with van der Waals surface area (Å²) >= 11 is 5.90. The normalized spacial score (nSPS) is 10.7. The van der Waals surface area contributed by atoms with Gasteiger partial charge in [0, 0.05) is 11.2 Å². The average Bonchev–Trinajstić information content (AvgIpc) is 2.45. The maximum atomic E-state index is 5.90. The van der Waals surface area contributed by atoms with E-state index < -0.39 is 0 Å². The first-order chi connectivity index (χ1) is 5.29. The van der Waals surface area contributed by atoms with Crippen molar-refractivity contribution in [1.29, 1.82) is 0 Å². The summed E-state index contributed by atoms with van der Waals surface area (Å²) in [5, 5.41) is 0.790. The molecule has 0 aliphatic heterocycles. The number of hydrogen-bond donors (Lipinski definition) is 0. The fourth-order valence-electron chi connectivity index (χ4n) is 1.11. The number of aromatic nitrogens is 2. The van der Waals surface area contributed by atoms with Gasteiger partial charge in [0.05, 0.1) is 18.0 Å². The maximum Gasteiger partial charge on any atom is 0.0992 e. The van der Waals surface area contributed by atoms with E-state index in [1.807, 2.05) is 23.6 Å². The highest BCUT2D eigenvalue weighted by Gasteiger charge is 1.99. The van der Waals surface area contributed by atoms with Crippen molar-refractivity contribution in [3.8, 4) is 0 Å². The van der Waals surface area contributed by atoms with Crippen molar-refractivity contribution in [2.75, 3.05) is 0 Å². The summed E-state index contributed by atoms with van der Waals surface area (Å²) in [6.07, 6.45) is 5.47. The molecule has 0 unspecified atom stereocenters. The van der Waals surface area contributed by atoms with Crippen LogP contribution in [-0.4, -0.2) is 9.38 Å². The van der Waals surface area contributed by atoms with Crippen LogP contribution >= 0.6 is 11.6 Å². The molecule has 0 aromatic carbocycles. The van der Waals surface area contributed by atoms with Gasteiger partial charge in [-0.3, -0.25) is 0 Å². The van der Waals surface area contributed by atoms with Gasteiger partial charge in [-0.15, -0.1) is 0 Å². The van der Waals surface area contributed by atoms with Crippen LogP contribution in [0.25, 0.3) is 5.52 Å². The van der Waals surface area contributed by atoms with Crippen molar-refractivity contribution in [2.24, 2.45) is 0 Å². The highest BCUT2D eigenvalue weighted by molar-refractivity contribution is 6.31. The topological polar surface area (TPSA) is 17.3 Å². The summed E-state index contributed by atoms with van der Waals surface area (Å²) in [7, 11) is 0. The van der Waals surface area contributed by atoms with Crippen LogP contribution in [0.4, 0.5) is 0 Å². The Balaban J connectivity index is 2.93. The van der Waals surface area contributed by atoms with Crippen molar-refractivity contribution >= 4 is 17.1 Å². The van der Waals surface area contributed by atoms with E-state index in [4.69, 9.17) is 11.6 Å². The molecule has 0 bridgehead atoms. The lowest BCUT2D eigenvalue weighted by Gasteiger charge is -1.99. The number of fused-ring (bicyclic) bond motifs is 1. The van der Waals surface area contributed by atoms with Gasteiger partial charge >= 0.3 is 0 Å². The summed E-state index contributed by atoms with van der Waals surface area (Å²) in [4.78, 5) is 4.01. The second-order valence-corrected chi connectivity index (χ2v) is 2.88. The van der Waals surface area contributed by atoms with Gasteiger partial charge in [-0.25, -0.2) is 4.98 Å². The molecule has 0 saturated heterocycles. The molecule has 0 spiro atoms. The Morgan fingerprint density at radius 2 is 2.36 bits per heavy atom. The summed E-state index contributed by atoms with van der Waals surface area (Å²) in [6.45, 7) is 1.99. The predicted octanol–water partition coefficient (Wildman–Crippen LogP) is 2.30. The van der Waals surface area contributed by atoms with Crippen LogP contribution in [0, 0.1) is 6.92 Å². The SMILES string of the molecule is Cc1c(Cl)ccn2cncc12. The number of hydrogen-bond acceptors (Lipinski definition) is 1. The summed E-state index contributed by atoms with van der Waals surface area (Å²) in [5.74, 6) is 0. The van der Waals surface area contributed by atoms with Crippen LogP contribution in [0.5, 0.6) is 0 Å². The Bertz CT molecular complexity index is 392. The van der Waals surface area contributed by atoms with Crippen LogP contribution in [0.3, 0.4) is 0 Å². The molecule has 0 aliphatic carbocycles. The zero-order valence-corrected chi connectivity index (χ0v) is 6.84. The molecule has 3 heteroatoms. The van der Waals surface area contributed by atoms with E-state index in [9.17, 15) is 0 Å². The molecule has 0 radical (unpaired) electrons. The van der Waals surface area contributed by atoms with Crippen molar-refractivity contribution < 1.29 is 0 Å². The highest BCUT2D eigenvalue weighted by Crippen LogP contribution is 2.18. The molecule has 2 aromatic heterocycles. The zero-order valence-electron chi connectivity index (χ0n) is 6.08. The third-order valence-corrected chi connectivity index (χ3v) is 2.20. The van der Waals surface area contributed by atoms with Crippen LogP contribution in [0.2, 0.25) is 5.02 Å². The number of aryl methyl sites for hydroxylation is 1. The molecule has 2 nitrogen and oxygen atoms in total. The van der Waals surface area contributed by atoms with E-state index in [1.54, 1.807) is 12.5 Å². The molecule has 0 aliphatic rings. The fraction of sp³-hybridized carbons (Fsp3) is 0.125. The number of rotatable bonds is 0. The maximum absolute atomic E-state index is 5.90. The second kappa shape index (κ2) is 2.24. The Morgan fingerprint density at radius 3 is 3.18 bits per heavy atom. The highest BCUT2D eigenvalue weighted by atomic mass is 35.5. The number of imidazole rings is 1. The Kier molecular flexibility index (Phi) is 1.36. The molecule has 0 saturated carbocycles. The second-order valence-electron chi connectivity index (χ2n) is 2.47. The largest absolute Gasteiger partial charge is 0.306 e. The average molecular weight is 167 g/mol. The quantitative estimate of drug-likeness (QED) is 0.587. The van der Waals surface area contributed by atoms with E-state index in [0.717, 1.165) is 16.1 Å². The minimum Gasteiger partial charge on any atom is -0.306 e. The molecule has 0 fully saturated rings. The van der Waals surface area contributed by atoms with Crippen molar-refractivity contribution in [3.05, 3.63) is 35.4 Å². The lowest BCUT2D eigenvalue weighted by Crippen LogP contribution is -1.84. The van der Waals surface area contributed by atoms with Gasteiger partial charge in [0.1, 0.15) is 0 Å². The van der Waals surface area contributed by atoms with Crippen molar-refractivity contribution in [2.45, 2.75) is 6.92 Å². The molecule has 2 rings (SSSR count). The van der Waals surface area contributed by atoms with Crippen LogP contribution in [-0.2, 0) is 0 Å². The van der Waals surface area contributed by atoms with Crippen LogP contribution in [0.15, 0.2) is 24.8 Å². The molecular formula is C8H7ClN2. The van der Waals surface area contributed by atoms with E-state index in [0.29, 0.717) is 0 Å². The molecule has 0 amide bonds. The van der Waals surface area contributed by atoms with Crippen molar-refractivity contribution in [3.63, 3.8) is 0 Å². The van der Waals surface area contributed by atoms with Gasteiger partial charge in [0.25, 0.3) is 0 Å². The Morgan fingerprint density at radius 1 is 1.55 bits per heavy atom. The van der Waals surface area contributed by atoms with E-state index in [-0.39, 0.29) is 0 Å². The van der Waals surface area contributed by atoms with Crippen LogP contribution in [0.1, 0.15) is 5.56 Å². The lowest BCUT2D eigenvalue weighted by atomic mass is 10.2. The van der Waals surface area contributed by atoms with E-state index in [2.05, 4.69) is 4.98 Å². The Labute approximate surface area is 69.4 Å². The third-order valence-electron chi connectivity index (χ3n) is 1.79.